The fraction of sp³-hybridized carbons (Fsp3) is 0.531. The van der Waals surface area contributed by atoms with E-state index in [0.717, 1.165) is 18.4 Å². The number of carbonyl (C=O) groups excluding carboxylic acids is 3. The number of hydrogen-bond acceptors (Lipinski definition) is 5. The first-order chi connectivity index (χ1) is 18.8. The second-order valence-electron chi connectivity index (χ2n) is 11.5. The Morgan fingerprint density at radius 2 is 1.62 bits per heavy atom. The van der Waals surface area contributed by atoms with Crippen LogP contribution in [0, 0.1) is 19.8 Å². The zero-order valence-corrected chi connectivity index (χ0v) is 25.3. The molecule has 0 spiro atoms. The molecule has 3 N–H and O–H groups in total. The van der Waals surface area contributed by atoms with Gasteiger partial charge in [-0.05, 0) is 64.2 Å². The summed E-state index contributed by atoms with van der Waals surface area (Å²) >= 11 is 0. The maximum absolute atomic E-state index is 14.4. The number of carbonyl (C=O) groups is 3. The highest BCUT2D eigenvalue weighted by Crippen LogP contribution is 2.34. The van der Waals surface area contributed by atoms with Crippen LogP contribution >= 0.6 is 0 Å². The monoisotopic (exact) mass is 553 g/mol. The van der Waals surface area contributed by atoms with Gasteiger partial charge in [0.1, 0.15) is 23.4 Å². The van der Waals surface area contributed by atoms with Crippen molar-refractivity contribution in [3.05, 3.63) is 59.2 Å². The number of para-hydroxylation sites is 2. The fourth-order valence-corrected chi connectivity index (χ4v) is 4.46. The van der Waals surface area contributed by atoms with Crippen LogP contribution in [0.15, 0.2) is 42.5 Å². The second kappa shape index (κ2) is 14.7. The molecule has 0 heterocycles. The Labute approximate surface area is 239 Å². The summed E-state index contributed by atoms with van der Waals surface area (Å²) in [6, 6.07) is 10.5. The maximum atomic E-state index is 14.4. The number of amides is 3. The van der Waals surface area contributed by atoms with Gasteiger partial charge in [0.25, 0.3) is 5.91 Å². The predicted octanol–water partition coefficient (Wildman–Crippen LogP) is 6.65. The van der Waals surface area contributed by atoms with Gasteiger partial charge in [-0.3, -0.25) is 9.59 Å². The standard InChI is InChI=1S/C32H47N3O5/c1-9-11-14-20-35(30(38)26(21(3)10-2)34-31(39)40-32(6,7)8)27(24-18-15-17-23(5)28(24)36)29(37)33-25-19-13-12-16-22(25)4/h12-13,15-19,21,26-27,36H,9-11,14,20H2,1-8H3,(H,33,37)(H,34,39). The van der Waals surface area contributed by atoms with Gasteiger partial charge < -0.3 is 25.4 Å². The highest BCUT2D eigenvalue weighted by atomic mass is 16.6. The van der Waals surface area contributed by atoms with E-state index in [9.17, 15) is 19.5 Å². The number of anilines is 1. The van der Waals surface area contributed by atoms with Crippen LogP contribution in [0.4, 0.5) is 10.5 Å². The Bertz CT molecular complexity index is 1160. The van der Waals surface area contributed by atoms with Gasteiger partial charge in [-0.25, -0.2) is 4.79 Å². The Morgan fingerprint density at radius 1 is 0.975 bits per heavy atom. The molecular formula is C32H47N3O5. The van der Waals surface area contributed by atoms with E-state index in [2.05, 4.69) is 17.6 Å². The molecule has 40 heavy (non-hydrogen) atoms. The molecule has 0 aliphatic carbocycles. The third-order valence-electron chi connectivity index (χ3n) is 6.96. The number of benzene rings is 2. The van der Waals surface area contributed by atoms with E-state index in [0.29, 0.717) is 29.7 Å². The Hall–Kier alpha value is -3.55. The van der Waals surface area contributed by atoms with Crippen LogP contribution in [0.2, 0.25) is 0 Å². The summed E-state index contributed by atoms with van der Waals surface area (Å²) < 4.78 is 5.47. The summed E-state index contributed by atoms with van der Waals surface area (Å²) in [6.45, 7) is 15.1. The van der Waals surface area contributed by atoms with Crippen molar-refractivity contribution in [1.82, 2.24) is 10.2 Å². The summed E-state index contributed by atoms with van der Waals surface area (Å²) in [6.07, 6.45) is 2.35. The lowest BCUT2D eigenvalue weighted by Gasteiger charge is -2.36. The Kier molecular flexibility index (Phi) is 12.0. The average molecular weight is 554 g/mol. The van der Waals surface area contributed by atoms with Crippen LogP contribution in [0.1, 0.15) is 90.0 Å². The van der Waals surface area contributed by atoms with Crippen molar-refractivity contribution in [3.63, 3.8) is 0 Å². The first-order valence-corrected chi connectivity index (χ1v) is 14.3. The molecule has 0 saturated carbocycles. The fourth-order valence-electron chi connectivity index (χ4n) is 4.46. The molecule has 2 aromatic rings. The van der Waals surface area contributed by atoms with Crippen LogP contribution < -0.4 is 10.6 Å². The number of aromatic hydroxyl groups is 1. The zero-order valence-electron chi connectivity index (χ0n) is 25.3. The number of unbranched alkanes of at least 4 members (excludes halogenated alkanes) is 2. The number of alkyl carbamates (subject to hydrolysis) is 1. The summed E-state index contributed by atoms with van der Waals surface area (Å²) in [4.78, 5) is 42.7. The van der Waals surface area contributed by atoms with E-state index in [4.69, 9.17) is 4.74 Å². The minimum Gasteiger partial charge on any atom is -0.507 e. The number of nitrogens with one attached hydrogen (secondary N) is 2. The molecule has 3 amide bonds. The molecule has 0 saturated heterocycles. The third-order valence-corrected chi connectivity index (χ3v) is 6.96. The highest BCUT2D eigenvalue weighted by molar-refractivity contribution is 5.99. The second-order valence-corrected chi connectivity index (χ2v) is 11.5. The minimum atomic E-state index is -1.13. The van der Waals surface area contributed by atoms with E-state index in [1.54, 1.807) is 52.0 Å². The first kappa shape index (κ1) is 32.7. The molecule has 8 nitrogen and oxygen atoms in total. The molecule has 8 heteroatoms. The number of rotatable bonds is 12. The van der Waals surface area contributed by atoms with Crippen LogP contribution in [0.25, 0.3) is 0 Å². The Balaban J connectivity index is 2.63. The molecular weight excluding hydrogens is 506 g/mol. The maximum Gasteiger partial charge on any atom is 0.408 e. The number of nitrogens with zero attached hydrogens (tertiary/aromatic N) is 1. The topological polar surface area (TPSA) is 108 Å². The van der Waals surface area contributed by atoms with Crippen LogP contribution in [-0.4, -0.2) is 46.1 Å². The van der Waals surface area contributed by atoms with E-state index in [1.807, 2.05) is 39.0 Å². The number of phenolic OH excluding ortho intramolecular Hbond substituents is 1. The van der Waals surface area contributed by atoms with Gasteiger partial charge in [0, 0.05) is 17.8 Å². The molecule has 3 atom stereocenters. The van der Waals surface area contributed by atoms with Crippen LogP contribution in [0.5, 0.6) is 5.75 Å². The summed E-state index contributed by atoms with van der Waals surface area (Å²) in [5.74, 6) is -1.12. The zero-order chi connectivity index (χ0) is 30.0. The molecule has 3 unspecified atom stereocenters. The largest absolute Gasteiger partial charge is 0.507 e. The van der Waals surface area contributed by atoms with Crippen molar-refractivity contribution in [1.29, 1.82) is 0 Å². The third kappa shape index (κ3) is 9.00. The number of hydrogen-bond donors (Lipinski definition) is 3. The van der Waals surface area contributed by atoms with Crippen molar-refractivity contribution in [2.45, 2.75) is 98.8 Å². The van der Waals surface area contributed by atoms with Gasteiger partial charge in [-0.2, -0.15) is 0 Å². The number of aryl methyl sites for hydroxylation is 2. The molecule has 0 bridgehead atoms. The van der Waals surface area contributed by atoms with E-state index < -0.39 is 35.6 Å². The lowest BCUT2D eigenvalue weighted by molar-refractivity contribution is -0.142. The summed E-state index contributed by atoms with van der Waals surface area (Å²) in [7, 11) is 0. The normalized spacial score (nSPS) is 13.6. The molecule has 220 valence electrons. The predicted molar refractivity (Wildman–Crippen MR) is 159 cm³/mol. The minimum absolute atomic E-state index is 0.0408. The van der Waals surface area contributed by atoms with E-state index in [-0.39, 0.29) is 18.2 Å². The molecule has 0 aliphatic heterocycles. The molecule has 0 fully saturated rings. The smallest absolute Gasteiger partial charge is 0.408 e. The van der Waals surface area contributed by atoms with Gasteiger partial charge in [0.05, 0.1) is 0 Å². The Morgan fingerprint density at radius 3 is 2.23 bits per heavy atom. The summed E-state index contributed by atoms with van der Waals surface area (Å²) in [5.41, 5.74) is 1.68. The summed E-state index contributed by atoms with van der Waals surface area (Å²) in [5, 5.41) is 16.9. The van der Waals surface area contributed by atoms with Gasteiger partial charge >= 0.3 is 6.09 Å². The van der Waals surface area contributed by atoms with Gasteiger partial charge in [0.2, 0.25) is 5.91 Å². The highest BCUT2D eigenvalue weighted by Gasteiger charge is 2.39. The molecule has 0 aliphatic rings. The lowest BCUT2D eigenvalue weighted by atomic mass is 9.94. The number of phenols is 1. The first-order valence-electron chi connectivity index (χ1n) is 14.3. The quantitative estimate of drug-likeness (QED) is 0.255. The van der Waals surface area contributed by atoms with Crippen molar-refractivity contribution >= 4 is 23.6 Å². The van der Waals surface area contributed by atoms with Crippen LogP contribution in [0.3, 0.4) is 0 Å². The van der Waals surface area contributed by atoms with Gasteiger partial charge in [-0.15, -0.1) is 0 Å². The van der Waals surface area contributed by atoms with Gasteiger partial charge in [-0.1, -0.05) is 76.4 Å². The van der Waals surface area contributed by atoms with Crippen molar-refractivity contribution in [3.8, 4) is 5.75 Å². The number of ether oxygens (including phenoxy) is 1. The van der Waals surface area contributed by atoms with Crippen molar-refractivity contribution < 1.29 is 24.2 Å². The molecule has 0 aromatic heterocycles. The van der Waals surface area contributed by atoms with Crippen molar-refractivity contribution in [2.24, 2.45) is 5.92 Å². The molecule has 2 rings (SSSR count). The van der Waals surface area contributed by atoms with E-state index >= 15 is 0 Å². The lowest BCUT2D eigenvalue weighted by Crippen LogP contribution is -2.55. The van der Waals surface area contributed by atoms with Gasteiger partial charge in [0.15, 0.2) is 0 Å². The van der Waals surface area contributed by atoms with E-state index in [1.165, 1.54) is 4.90 Å². The van der Waals surface area contributed by atoms with Crippen molar-refractivity contribution in [2.75, 3.05) is 11.9 Å². The average Bonchev–Trinajstić information content (AvgIpc) is 2.88. The molecule has 2 aromatic carbocycles. The van der Waals surface area contributed by atoms with Crippen LogP contribution in [-0.2, 0) is 14.3 Å². The molecule has 0 radical (unpaired) electrons. The SMILES string of the molecule is CCCCCN(C(=O)C(NC(=O)OC(C)(C)C)C(C)CC)C(C(=O)Nc1ccccc1C)c1cccc(C)c1O.